The molecule has 2 amide bonds. The minimum atomic E-state index is -0.513. The number of amides is 2. The second-order valence-electron chi connectivity index (χ2n) is 4.71. The zero-order chi connectivity index (χ0) is 15.2. The van der Waals surface area contributed by atoms with Crippen LogP contribution in [-0.2, 0) is 9.59 Å². The average molecular weight is 289 g/mol. The number of nitrogens with one attached hydrogen (secondary N) is 2. The zero-order valence-electron chi connectivity index (χ0n) is 11.2. The summed E-state index contributed by atoms with van der Waals surface area (Å²) in [5.41, 5.74) is 0.258. The van der Waals surface area contributed by atoms with Gasteiger partial charge in [-0.05, 0) is 25.0 Å². The van der Waals surface area contributed by atoms with Gasteiger partial charge in [-0.3, -0.25) is 19.7 Å². The predicted octanol–water partition coefficient (Wildman–Crippen LogP) is 1.00. The number of hydrogen-bond acceptors (Lipinski definition) is 4. The van der Waals surface area contributed by atoms with E-state index in [2.05, 4.69) is 10.6 Å². The Kier molecular flexibility index (Phi) is 4.65. The highest BCUT2D eigenvalue weighted by atomic mass is 16.6. The van der Waals surface area contributed by atoms with Crippen molar-refractivity contribution in [3.63, 3.8) is 0 Å². The first kappa shape index (κ1) is 14.7. The number of para-hydroxylation sites is 1. The maximum atomic E-state index is 11.6. The van der Waals surface area contributed by atoms with Crippen molar-refractivity contribution in [3.05, 3.63) is 46.0 Å². The summed E-state index contributed by atoms with van der Waals surface area (Å²) in [4.78, 5) is 33.2. The van der Waals surface area contributed by atoms with Crippen molar-refractivity contribution in [2.24, 2.45) is 0 Å². The molecule has 21 heavy (non-hydrogen) atoms. The second-order valence-corrected chi connectivity index (χ2v) is 4.71. The first-order valence-corrected chi connectivity index (χ1v) is 6.55. The number of carbonyl (C=O) groups is 2. The van der Waals surface area contributed by atoms with Gasteiger partial charge in [-0.2, -0.15) is 0 Å². The molecule has 0 bridgehead atoms. The summed E-state index contributed by atoms with van der Waals surface area (Å²) in [5.74, 6) is -0.705. The molecular formula is C14H15N3O4. The van der Waals surface area contributed by atoms with Crippen LogP contribution in [0.4, 0.5) is 5.69 Å². The molecule has 0 spiro atoms. The molecule has 7 nitrogen and oxygen atoms in total. The Balaban J connectivity index is 1.86. The third-order valence-corrected chi connectivity index (χ3v) is 2.91. The molecule has 0 unspecified atom stereocenters. The van der Waals surface area contributed by atoms with Crippen LogP contribution in [0.2, 0.25) is 0 Å². The first-order valence-electron chi connectivity index (χ1n) is 6.55. The lowest BCUT2D eigenvalue weighted by Crippen LogP contribution is -2.37. The summed E-state index contributed by atoms with van der Waals surface area (Å²) >= 11 is 0. The van der Waals surface area contributed by atoms with Crippen LogP contribution >= 0.6 is 0 Å². The molecule has 2 N–H and O–H groups in total. The molecule has 1 aromatic rings. The quantitative estimate of drug-likeness (QED) is 0.463. The van der Waals surface area contributed by atoms with Crippen LogP contribution in [-0.4, -0.2) is 29.3 Å². The molecule has 1 fully saturated rings. The minimum absolute atomic E-state index is 0.0759. The standard InChI is InChI=1S/C14H15N3O4/c18-13(15-9-14(19)16-11-6-7-11)8-5-10-3-1-2-4-12(10)17(20)21/h1-5,8,11H,6-7,9H2,(H,15,18)(H,16,19)/b8-5+. The van der Waals surface area contributed by atoms with E-state index < -0.39 is 10.8 Å². The highest BCUT2D eigenvalue weighted by Gasteiger charge is 2.22. The lowest BCUT2D eigenvalue weighted by molar-refractivity contribution is -0.385. The van der Waals surface area contributed by atoms with Crippen LogP contribution in [0, 0.1) is 10.1 Å². The van der Waals surface area contributed by atoms with Crippen molar-refractivity contribution in [1.29, 1.82) is 0 Å². The van der Waals surface area contributed by atoms with Crippen LogP contribution in [0.1, 0.15) is 18.4 Å². The van der Waals surface area contributed by atoms with Gasteiger partial charge in [0, 0.05) is 18.2 Å². The summed E-state index contributed by atoms with van der Waals surface area (Å²) in [5, 5.41) is 16.0. The molecule has 0 aromatic heterocycles. The first-order chi connectivity index (χ1) is 10.1. The van der Waals surface area contributed by atoms with Crippen molar-refractivity contribution in [1.82, 2.24) is 10.6 Å². The number of nitro benzene ring substituents is 1. The van der Waals surface area contributed by atoms with Crippen LogP contribution in [0.15, 0.2) is 30.3 Å². The highest BCUT2D eigenvalue weighted by molar-refractivity contribution is 5.94. The smallest absolute Gasteiger partial charge is 0.276 e. The Bertz CT molecular complexity index is 594. The maximum Gasteiger partial charge on any atom is 0.276 e. The Hall–Kier alpha value is -2.70. The summed E-state index contributed by atoms with van der Waals surface area (Å²) in [7, 11) is 0. The van der Waals surface area contributed by atoms with E-state index >= 15 is 0 Å². The fraction of sp³-hybridized carbons (Fsp3) is 0.286. The van der Waals surface area contributed by atoms with Gasteiger partial charge in [-0.25, -0.2) is 0 Å². The molecule has 110 valence electrons. The van der Waals surface area contributed by atoms with E-state index in [0.29, 0.717) is 5.56 Å². The average Bonchev–Trinajstić information content (AvgIpc) is 3.27. The third kappa shape index (κ3) is 4.72. The number of hydrogen-bond donors (Lipinski definition) is 2. The maximum absolute atomic E-state index is 11.6. The van der Waals surface area contributed by atoms with E-state index in [9.17, 15) is 19.7 Å². The number of carbonyl (C=O) groups excluding carboxylic acids is 2. The van der Waals surface area contributed by atoms with Crippen LogP contribution in [0.5, 0.6) is 0 Å². The van der Waals surface area contributed by atoms with Crippen molar-refractivity contribution in [3.8, 4) is 0 Å². The molecule has 0 heterocycles. The normalized spacial score (nSPS) is 13.9. The summed E-state index contributed by atoms with van der Waals surface area (Å²) in [6, 6.07) is 6.35. The summed E-state index contributed by atoms with van der Waals surface area (Å²) in [6.45, 7) is -0.101. The molecular weight excluding hydrogens is 274 g/mol. The van der Waals surface area contributed by atoms with Gasteiger partial charge in [0.05, 0.1) is 17.0 Å². The topological polar surface area (TPSA) is 101 Å². The molecule has 1 aromatic carbocycles. The van der Waals surface area contributed by atoms with Crippen molar-refractivity contribution < 1.29 is 14.5 Å². The number of rotatable bonds is 6. The highest BCUT2D eigenvalue weighted by Crippen LogP contribution is 2.19. The Morgan fingerprint density at radius 2 is 2.05 bits per heavy atom. The largest absolute Gasteiger partial charge is 0.352 e. The lowest BCUT2D eigenvalue weighted by Gasteiger charge is -2.03. The lowest BCUT2D eigenvalue weighted by atomic mass is 10.1. The van der Waals surface area contributed by atoms with E-state index in [0.717, 1.165) is 12.8 Å². The van der Waals surface area contributed by atoms with Crippen LogP contribution in [0.25, 0.3) is 6.08 Å². The molecule has 1 aliphatic carbocycles. The Labute approximate surface area is 121 Å². The molecule has 7 heteroatoms. The van der Waals surface area contributed by atoms with Gasteiger partial charge in [0.1, 0.15) is 0 Å². The number of benzene rings is 1. The van der Waals surface area contributed by atoms with E-state index in [1.54, 1.807) is 18.2 Å². The van der Waals surface area contributed by atoms with Gasteiger partial charge in [-0.15, -0.1) is 0 Å². The predicted molar refractivity (Wildman–Crippen MR) is 76.3 cm³/mol. The molecule has 0 atom stereocenters. The third-order valence-electron chi connectivity index (χ3n) is 2.91. The zero-order valence-corrected chi connectivity index (χ0v) is 11.2. The van der Waals surface area contributed by atoms with Crippen LogP contribution < -0.4 is 10.6 Å². The monoisotopic (exact) mass is 289 g/mol. The van der Waals surface area contributed by atoms with Gasteiger partial charge in [0.2, 0.25) is 11.8 Å². The van der Waals surface area contributed by atoms with E-state index in [-0.39, 0.29) is 24.2 Å². The fourth-order valence-electron chi connectivity index (χ4n) is 1.69. The SMILES string of the molecule is O=C(/C=C/c1ccccc1[N+](=O)[O-])NCC(=O)NC1CC1. The van der Waals surface area contributed by atoms with Gasteiger partial charge in [-0.1, -0.05) is 12.1 Å². The number of nitro groups is 1. The van der Waals surface area contributed by atoms with Gasteiger partial charge in [0.25, 0.3) is 5.69 Å². The number of nitrogens with zero attached hydrogens (tertiary/aromatic N) is 1. The molecule has 0 saturated heterocycles. The van der Waals surface area contributed by atoms with E-state index in [1.165, 1.54) is 18.2 Å². The van der Waals surface area contributed by atoms with Crippen LogP contribution in [0.3, 0.4) is 0 Å². The van der Waals surface area contributed by atoms with Crippen molar-refractivity contribution >= 4 is 23.6 Å². The summed E-state index contributed by atoms with van der Waals surface area (Å²) < 4.78 is 0. The van der Waals surface area contributed by atoms with Gasteiger partial charge >= 0.3 is 0 Å². The molecule has 2 rings (SSSR count). The Morgan fingerprint density at radius 1 is 1.33 bits per heavy atom. The molecule has 0 aliphatic heterocycles. The Morgan fingerprint density at radius 3 is 2.71 bits per heavy atom. The van der Waals surface area contributed by atoms with Crippen molar-refractivity contribution in [2.45, 2.75) is 18.9 Å². The molecule has 1 aliphatic rings. The second kappa shape index (κ2) is 6.65. The minimum Gasteiger partial charge on any atom is -0.352 e. The van der Waals surface area contributed by atoms with Gasteiger partial charge < -0.3 is 10.6 Å². The van der Waals surface area contributed by atoms with E-state index in [1.807, 2.05) is 0 Å². The summed E-state index contributed by atoms with van der Waals surface area (Å²) in [6.07, 6.45) is 4.49. The van der Waals surface area contributed by atoms with Crippen molar-refractivity contribution in [2.75, 3.05) is 6.54 Å². The van der Waals surface area contributed by atoms with E-state index in [4.69, 9.17) is 0 Å². The molecule has 0 radical (unpaired) electrons. The van der Waals surface area contributed by atoms with Gasteiger partial charge in [0.15, 0.2) is 0 Å². The molecule has 1 saturated carbocycles. The fourth-order valence-corrected chi connectivity index (χ4v) is 1.69.